The summed E-state index contributed by atoms with van der Waals surface area (Å²) in [5, 5.41) is 3.12. The normalized spacial score (nSPS) is 28.2. The van der Waals surface area contributed by atoms with Crippen LogP contribution in [0, 0.1) is 11.8 Å². The minimum atomic E-state index is 0.205. The van der Waals surface area contributed by atoms with E-state index in [2.05, 4.69) is 19.2 Å². The number of carbonyl (C=O) groups excluding carboxylic acids is 1. The van der Waals surface area contributed by atoms with Gasteiger partial charge in [0.1, 0.15) is 0 Å². The van der Waals surface area contributed by atoms with Crippen molar-refractivity contribution < 1.29 is 4.79 Å². The zero-order chi connectivity index (χ0) is 9.84. The third kappa shape index (κ3) is 3.55. The van der Waals surface area contributed by atoms with Crippen LogP contribution in [0.2, 0.25) is 0 Å². The van der Waals surface area contributed by atoms with Crippen LogP contribution < -0.4 is 5.32 Å². The van der Waals surface area contributed by atoms with Gasteiger partial charge in [-0.25, -0.2) is 0 Å². The Kier molecular flexibility index (Phi) is 4.04. The zero-order valence-corrected chi connectivity index (χ0v) is 9.10. The van der Waals surface area contributed by atoms with Gasteiger partial charge in [0, 0.05) is 17.8 Å². The van der Waals surface area contributed by atoms with E-state index >= 15 is 0 Å². The first-order valence-corrected chi connectivity index (χ1v) is 5.50. The van der Waals surface area contributed by atoms with Crippen LogP contribution in [0.4, 0.5) is 0 Å². The highest BCUT2D eigenvalue weighted by Gasteiger charge is 2.38. The molecule has 0 aromatic heterocycles. The van der Waals surface area contributed by atoms with Gasteiger partial charge in [0.05, 0.1) is 0 Å². The molecule has 1 fully saturated rings. The van der Waals surface area contributed by atoms with E-state index in [0.29, 0.717) is 5.92 Å². The second-order valence-corrected chi connectivity index (χ2v) is 4.52. The lowest BCUT2D eigenvalue weighted by Crippen LogP contribution is -2.27. The Morgan fingerprint density at radius 2 is 2.31 bits per heavy atom. The Labute approximate surface area is 85.0 Å². The molecule has 0 spiro atoms. The number of alkyl halides is 1. The molecule has 3 atom stereocenters. The van der Waals surface area contributed by atoms with E-state index in [4.69, 9.17) is 11.6 Å². The monoisotopic (exact) mass is 203 g/mol. The Morgan fingerprint density at radius 3 is 2.77 bits per heavy atom. The maximum absolute atomic E-state index is 11.3. The van der Waals surface area contributed by atoms with Crippen molar-refractivity contribution in [3.63, 3.8) is 0 Å². The topological polar surface area (TPSA) is 29.1 Å². The summed E-state index contributed by atoms with van der Waals surface area (Å²) in [5.41, 5.74) is 0. The lowest BCUT2D eigenvalue weighted by atomic mass is 10.2. The predicted molar refractivity (Wildman–Crippen MR) is 54.8 cm³/mol. The molecule has 1 aliphatic carbocycles. The van der Waals surface area contributed by atoms with E-state index in [1.165, 1.54) is 0 Å². The summed E-state index contributed by atoms with van der Waals surface area (Å²) in [6.07, 6.45) is 2.91. The van der Waals surface area contributed by atoms with Crippen LogP contribution in [0.15, 0.2) is 0 Å². The van der Waals surface area contributed by atoms with Gasteiger partial charge < -0.3 is 5.32 Å². The van der Waals surface area contributed by atoms with Gasteiger partial charge in [-0.05, 0) is 25.2 Å². The molecule has 76 valence electrons. The molecule has 0 saturated heterocycles. The number of rotatable bonds is 5. The summed E-state index contributed by atoms with van der Waals surface area (Å²) >= 11 is 5.92. The van der Waals surface area contributed by atoms with Gasteiger partial charge in [-0.3, -0.25) is 4.79 Å². The Hall–Kier alpha value is -0.240. The first-order chi connectivity index (χ1) is 6.15. The lowest BCUT2D eigenvalue weighted by Gasteiger charge is -2.07. The van der Waals surface area contributed by atoms with Crippen molar-refractivity contribution in [1.29, 1.82) is 0 Å². The second kappa shape index (κ2) is 4.85. The van der Waals surface area contributed by atoms with E-state index in [1.807, 2.05) is 0 Å². The number of carbonyl (C=O) groups is 1. The van der Waals surface area contributed by atoms with Gasteiger partial charge in [0.2, 0.25) is 5.91 Å². The molecule has 1 rings (SSSR count). The minimum absolute atomic E-state index is 0.205. The van der Waals surface area contributed by atoms with Crippen molar-refractivity contribution in [1.82, 2.24) is 5.32 Å². The molecule has 1 N–H and O–H groups in total. The van der Waals surface area contributed by atoms with Crippen molar-refractivity contribution in [3.05, 3.63) is 0 Å². The number of nitrogens with one attached hydrogen (secondary N) is 1. The maximum atomic E-state index is 11.3. The molecular formula is C10H18ClNO. The fourth-order valence-electron chi connectivity index (χ4n) is 1.37. The Morgan fingerprint density at radius 1 is 1.69 bits per heavy atom. The highest BCUT2D eigenvalue weighted by molar-refractivity contribution is 6.20. The molecule has 2 nitrogen and oxygen atoms in total. The molecule has 0 heterocycles. The standard InChI is InChI=1S/C10H18ClNO/c1-3-8(11)4-5-12-10(13)9-6-7(9)2/h7-9H,3-6H2,1-2H3,(H,12,13). The van der Waals surface area contributed by atoms with Gasteiger partial charge in [-0.15, -0.1) is 11.6 Å². The second-order valence-electron chi connectivity index (χ2n) is 3.90. The fraction of sp³-hybridized carbons (Fsp3) is 0.900. The summed E-state index contributed by atoms with van der Waals surface area (Å²) in [4.78, 5) is 11.3. The Balaban J connectivity index is 2.02. The summed E-state index contributed by atoms with van der Waals surface area (Å²) in [7, 11) is 0. The van der Waals surface area contributed by atoms with Crippen LogP contribution in [-0.4, -0.2) is 17.8 Å². The molecule has 1 amide bonds. The van der Waals surface area contributed by atoms with E-state index in [0.717, 1.165) is 25.8 Å². The molecule has 3 unspecified atom stereocenters. The third-order valence-corrected chi connectivity index (χ3v) is 3.17. The zero-order valence-electron chi connectivity index (χ0n) is 8.35. The number of hydrogen-bond donors (Lipinski definition) is 1. The maximum Gasteiger partial charge on any atom is 0.223 e. The number of hydrogen-bond acceptors (Lipinski definition) is 1. The average molecular weight is 204 g/mol. The largest absolute Gasteiger partial charge is 0.356 e. The van der Waals surface area contributed by atoms with Crippen LogP contribution in [0.5, 0.6) is 0 Å². The molecule has 0 aromatic carbocycles. The van der Waals surface area contributed by atoms with Gasteiger partial charge in [-0.2, -0.15) is 0 Å². The van der Waals surface area contributed by atoms with Crippen molar-refractivity contribution in [2.24, 2.45) is 11.8 Å². The number of halogens is 1. The summed E-state index contributed by atoms with van der Waals surface area (Å²) in [5.74, 6) is 1.10. The summed E-state index contributed by atoms with van der Waals surface area (Å²) < 4.78 is 0. The summed E-state index contributed by atoms with van der Waals surface area (Å²) in [6.45, 7) is 4.90. The first kappa shape index (κ1) is 10.8. The SMILES string of the molecule is CCC(Cl)CCNC(=O)C1CC1C. The molecule has 0 aliphatic heterocycles. The van der Waals surface area contributed by atoms with Gasteiger partial charge in [0.25, 0.3) is 0 Å². The smallest absolute Gasteiger partial charge is 0.223 e. The minimum Gasteiger partial charge on any atom is -0.356 e. The van der Waals surface area contributed by atoms with Crippen LogP contribution in [0.1, 0.15) is 33.1 Å². The highest BCUT2D eigenvalue weighted by Crippen LogP contribution is 2.37. The molecule has 1 saturated carbocycles. The van der Waals surface area contributed by atoms with E-state index in [1.54, 1.807) is 0 Å². The van der Waals surface area contributed by atoms with Crippen molar-refractivity contribution >= 4 is 17.5 Å². The summed E-state index contributed by atoms with van der Waals surface area (Å²) in [6, 6.07) is 0. The lowest BCUT2D eigenvalue weighted by molar-refractivity contribution is -0.122. The van der Waals surface area contributed by atoms with Crippen molar-refractivity contribution in [3.8, 4) is 0 Å². The molecule has 0 radical (unpaired) electrons. The number of amides is 1. The van der Waals surface area contributed by atoms with Gasteiger partial charge in [0.15, 0.2) is 0 Å². The molecule has 0 aromatic rings. The van der Waals surface area contributed by atoms with Crippen LogP contribution in [-0.2, 0) is 4.79 Å². The van der Waals surface area contributed by atoms with Crippen LogP contribution in [0.3, 0.4) is 0 Å². The Bertz CT molecular complexity index is 184. The van der Waals surface area contributed by atoms with Crippen LogP contribution in [0.25, 0.3) is 0 Å². The van der Waals surface area contributed by atoms with E-state index in [9.17, 15) is 4.79 Å². The fourth-order valence-corrected chi connectivity index (χ4v) is 1.48. The van der Waals surface area contributed by atoms with Crippen molar-refractivity contribution in [2.45, 2.75) is 38.5 Å². The average Bonchev–Trinajstić information content (AvgIpc) is 2.82. The van der Waals surface area contributed by atoms with Crippen LogP contribution >= 0.6 is 11.6 Å². The molecule has 3 heteroatoms. The molecule has 13 heavy (non-hydrogen) atoms. The van der Waals surface area contributed by atoms with Crippen molar-refractivity contribution in [2.75, 3.05) is 6.54 Å². The predicted octanol–water partition coefficient (Wildman–Crippen LogP) is 2.17. The van der Waals surface area contributed by atoms with E-state index in [-0.39, 0.29) is 17.2 Å². The molecule has 0 bridgehead atoms. The van der Waals surface area contributed by atoms with Gasteiger partial charge >= 0.3 is 0 Å². The first-order valence-electron chi connectivity index (χ1n) is 5.07. The third-order valence-electron chi connectivity index (χ3n) is 2.65. The quantitative estimate of drug-likeness (QED) is 0.682. The highest BCUT2D eigenvalue weighted by atomic mass is 35.5. The van der Waals surface area contributed by atoms with Gasteiger partial charge in [-0.1, -0.05) is 13.8 Å². The molecular weight excluding hydrogens is 186 g/mol. The molecule has 1 aliphatic rings. The van der Waals surface area contributed by atoms with E-state index < -0.39 is 0 Å².